The minimum absolute atomic E-state index is 0.374. The zero-order valence-corrected chi connectivity index (χ0v) is 14.6. The lowest BCUT2D eigenvalue weighted by Gasteiger charge is -2.14. The Morgan fingerprint density at radius 1 is 1.26 bits per heavy atom. The maximum Gasteiger partial charge on any atom is 0.161 e. The van der Waals surface area contributed by atoms with Gasteiger partial charge < -0.3 is 5.32 Å². The third kappa shape index (κ3) is 3.04. The topological polar surface area (TPSA) is 42.2 Å². The maximum atomic E-state index is 6.13. The Hall–Kier alpha value is -2.07. The summed E-state index contributed by atoms with van der Waals surface area (Å²) < 4.78 is 1.89. The minimum Gasteiger partial charge on any atom is -0.367 e. The van der Waals surface area contributed by atoms with Crippen molar-refractivity contribution in [3.8, 4) is 11.3 Å². The van der Waals surface area contributed by atoms with Gasteiger partial charge in [-0.3, -0.25) is 0 Å². The molecule has 120 valence electrons. The van der Waals surface area contributed by atoms with Crippen LogP contribution in [0.1, 0.15) is 31.5 Å². The van der Waals surface area contributed by atoms with Crippen LogP contribution in [-0.4, -0.2) is 20.6 Å². The quantitative estimate of drug-likeness (QED) is 0.742. The summed E-state index contributed by atoms with van der Waals surface area (Å²) in [5.74, 6) is 0.971. The van der Waals surface area contributed by atoms with Crippen LogP contribution in [0.25, 0.3) is 16.9 Å². The summed E-state index contributed by atoms with van der Waals surface area (Å²) in [5, 5.41) is 9.01. The first-order valence-corrected chi connectivity index (χ1v) is 8.27. The van der Waals surface area contributed by atoms with Gasteiger partial charge >= 0.3 is 0 Å². The van der Waals surface area contributed by atoms with Crippen molar-refractivity contribution in [3.63, 3.8) is 0 Å². The van der Waals surface area contributed by atoms with Gasteiger partial charge in [0.25, 0.3) is 0 Å². The van der Waals surface area contributed by atoms with Crippen molar-refractivity contribution in [1.82, 2.24) is 14.6 Å². The van der Waals surface area contributed by atoms with Gasteiger partial charge in [-0.1, -0.05) is 30.7 Å². The lowest BCUT2D eigenvalue weighted by atomic mass is 10.1. The fraction of sp³-hybridized carbons (Fsp3) is 0.333. The molecule has 0 fully saturated rings. The number of anilines is 1. The Kier molecular flexibility index (Phi) is 4.26. The number of fused-ring (bicyclic) bond motifs is 1. The van der Waals surface area contributed by atoms with E-state index < -0.39 is 0 Å². The van der Waals surface area contributed by atoms with Gasteiger partial charge in [0.15, 0.2) is 5.65 Å². The number of aryl methyl sites for hydroxylation is 2. The molecule has 0 saturated carbocycles. The van der Waals surface area contributed by atoms with Gasteiger partial charge in [-0.15, -0.1) is 0 Å². The molecule has 3 aromatic rings. The number of nitrogens with one attached hydrogen (secondary N) is 1. The molecule has 0 saturated heterocycles. The lowest BCUT2D eigenvalue weighted by Crippen LogP contribution is -2.16. The number of hydrogen-bond acceptors (Lipinski definition) is 3. The first-order chi connectivity index (χ1) is 11.0. The molecule has 0 radical (unpaired) electrons. The molecule has 0 bridgehead atoms. The van der Waals surface area contributed by atoms with Gasteiger partial charge in [0.05, 0.1) is 5.69 Å². The second kappa shape index (κ2) is 6.20. The van der Waals surface area contributed by atoms with E-state index in [1.807, 2.05) is 41.8 Å². The van der Waals surface area contributed by atoms with Crippen LogP contribution >= 0.6 is 11.6 Å². The molecule has 0 spiro atoms. The van der Waals surface area contributed by atoms with Crippen LogP contribution in [0.3, 0.4) is 0 Å². The fourth-order valence-electron chi connectivity index (χ4n) is 2.61. The first-order valence-electron chi connectivity index (χ1n) is 7.89. The van der Waals surface area contributed by atoms with Gasteiger partial charge in [-0.05, 0) is 39.3 Å². The predicted octanol–water partition coefficient (Wildman–Crippen LogP) is 4.88. The summed E-state index contributed by atoms with van der Waals surface area (Å²) in [6.45, 7) is 8.38. The molecule has 1 atom stereocenters. The van der Waals surface area contributed by atoms with Crippen LogP contribution in [0, 0.1) is 13.8 Å². The summed E-state index contributed by atoms with van der Waals surface area (Å²) in [6, 6.07) is 10.2. The Morgan fingerprint density at radius 3 is 2.74 bits per heavy atom. The summed E-state index contributed by atoms with van der Waals surface area (Å²) in [7, 11) is 0. The molecule has 1 unspecified atom stereocenters. The zero-order chi connectivity index (χ0) is 16.6. The van der Waals surface area contributed by atoms with Gasteiger partial charge in [-0.25, -0.2) is 4.98 Å². The van der Waals surface area contributed by atoms with E-state index in [0.717, 1.165) is 40.4 Å². The van der Waals surface area contributed by atoms with E-state index in [0.29, 0.717) is 11.1 Å². The molecule has 4 nitrogen and oxygen atoms in total. The Balaban J connectivity index is 2.19. The molecule has 0 amide bonds. The highest BCUT2D eigenvalue weighted by atomic mass is 35.5. The molecule has 5 heteroatoms. The molecule has 0 aliphatic rings. The Bertz CT molecular complexity index is 854. The first kappa shape index (κ1) is 15.8. The molecule has 0 aliphatic heterocycles. The second-order valence-electron chi connectivity index (χ2n) is 5.96. The molecular weight excluding hydrogens is 308 g/mol. The average molecular weight is 329 g/mol. The van der Waals surface area contributed by atoms with Crippen molar-refractivity contribution in [2.45, 2.75) is 40.2 Å². The normalized spacial score (nSPS) is 12.6. The molecule has 2 aromatic heterocycles. The van der Waals surface area contributed by atoms with Crippen molar-refractivity contribution in [3.05, 3.63) is 46.6 Å². The number of rotatable bonds is 4. The largest absolute Gasteiger partial charge is 0.367 e. The van der Waals surface area contributed by atoms with Crippen molar-refractivity contribution < 1.29 is 0 Å². The SMILES string of the molecule is CCC(C)Nc1cc(C)nc2c(C)c(-c3cccc(Cl)c3)nn12. The Labute approximate surface area is 141 Å². The van der Waals surface area contributed by atoms with E-state index in [4.69, 9.17) is 16.7 Å². The number of hydrogen-bond donors (Lipinski definition) is 1. The standard InChI is InChI=1S/C18H21ClN4/c1-5-11(2)20-16-9-12(3)21-18-13(4)17(22-23(16)18)14-7-6-8-15(19)10-14/h6-11,20H,5H2,1-4H3. The van der Waals surface area contributed by atoms with Crippen molar-refractivity contribution in [2.75, 3.05) is 5.32 Å². The highest BCUT2D eigenvalue weighted by Crippen LogP contribution is 2.28. The van der Waals surface area contributed by atoms with Gasteiger partial charge in [-0.2, -0.15) is 9.61 Å². The molecule has 2 heterocycles. The number of aromatic nitrogens is 3. The van der Waals surface area contributed by atoms with Crippen LogP contribution in [0.2, 0.25) is 5.02 Å². The van der Waals surface area contributed by atoms with Crippen LogP contribution < -0.4 is 5.32 Å². The second-order valence-corrected chi connectivity index (χ2v) is 6.39. The summed E-state index contributed by atoms with van der Waals surface area (Å²) in [6.07, 6.45) is 1.05. The van der Waals surface area contributed by atoms with E-state index in [-0.39, 0.29) is 0 Å². The van der Waals surface area contributed by atoms with Gasteiger partial charge in [0, 0.05) is 34.0 Å². The van der Waals surface area contributed by atoms with Crippen LogP contribution in [0.4, 0.5) is 5.82 Å². The molecule has 3 rings (SSSR count). The average Bonchev–Trinajstić information content (AvgIpc) is 2.84. The molecule has 1 aromatic carbocycles. The highest BCUT2D eigenvalue weighted by Gasteiger charge is 2.16. The zero-order valence-electron chi connectivity index (χ0n) is 13.9. The molecule has 0 aliphatic carbocycles. The fourth-order valence-corrected chi connectivity index (χ4v) is 2.80. The van der Waals surface area contributed by atoms with Crippen molar-refractivity contribution >= 4 is 23.1 Å². The predicted molar refractivity (Wildman–Crippen MR) is 96.3 cm³/mol. The summed E-state index contributed by atoms with van der Waals surface area (Å²) >= 11 is 6.13. The van der Waals surface area contributed by atoms with E-state index >= 15 is 0 Å². The molecular formula is C18H21ClN4. The monoisotopic (exact) mass is 328 g/mol. The summed E-state index contributed by atoms with van der Waals surface area (Å²) in [4.78, 5) is 4.67. The van der Waals surface area contributed by atoms with E-state index in [9.17, 15) is 0 Å². The highest BCUT2D eigenvalue weighted by molar-refractivity contribution is 6.30. The van der Waals surface area contributed by atoms with Crippen molar-refractivity contribution in [1.29, 1.82) is 0 Å². The maximum absolute atomic E-state index is 6.13. The Morgan fingerprint density at radius 2 is 2.04 bits per heavy atom. The van der Waals surface area contributed by atoms with Crippen LogP contribution in [0.5, 0.6) is 0 Å². The molecule has 1 N–H and O–H groups in total. The number of nitrogens with zero attached hydrogens (tertiary/aromatic N) is 3. The summed E-state index contributed by atoms with van der Waals surface area (Å²) in [5.41, 5.74) is 4.84. The third-order valence-electron chi connectivity index (χ3n) is 4.05. The van der Waals surface area contributed by atoms with Gasteiger partial charge in [0.2, 0.25) is 0 Å². The van der Waals surface area contributed by atoms with E-state index in [1.165, 1.54) is 0 Å². The molecule has 23 heavy (non-hydrogen) atoms. The van der Waals surface area contributed by atoms with E-state index in [1.54, 1.807) is 0 Å². The number of benzene rings is 1. The van der Waals surface area contributed by atoms with Crippen LogP contribution in [0.15, 0.2) is 30.3 Å². The van der Waals surface area contributed by atoms with Crippen molar-refractivity contribution in [2.24, 2.45) is 0 Å². The smallest absolute Gasteiger partial charge is 0.161 e. The van der Waals surface area contributed by atoms with Crippen LogP contribution in [-0.2, 0) is 0 Å². The van der Waals surface area contributed by atoms with Gasteiger partial charge in [0.1, 0.15) is 5.82 Å². The lowest BCUT2D eigenvalue weighted by molar-refractivity contribution is 0.748. The number of halogens is 1. The minimum atomic E-state index is 0.374. The third-order valence-corrected chi connectivity index (χ3v) is 4.29. The van der Waals surface area contributed by atoms with E-state index in [2.05, 4.69) is 31.1 Å².